The summed E-state index contributed by atoms with van der Waals surface area (Å²) in [5.41, 5.74) is 1.97. The summed E-state index contributed by atoms with van der Waals surface area (Å²) in [5.74, 6) is -0.316. The van der Waals surface area contributed by atoms with Crippen LogP contribution in [0.2, 0.25) is 5.02 Å². The number of carbonyl (C=O) groups excluding carboxylic acids is 1. The molecule has 1 amide bonds. The minimum absolute atomic E-state index is 0.249. The van der Waals surface area contributed by atoms with Crippen LogP contribution in [0.15, 0.2) is 18.3 Å². The van der Waals surface area contributed by atoms with Gasteiger partial charge in [0.15, 0.2) is 0 Å². The fraction of sp³-hybridized carbons (Fsp3) is 0.667. The van der Waals surface area contributed by atoms with Gasteiger partial charge in [0, 0.05) is 32.4 Å². The van der Waals surface area contributed by atoms with E-state index in [1.165, 1.54) is 11.8 Å². The van der Waals surface area contributed by atoms with Crippen LogP contribution in [0.25, 0.3) is 0 Å². The Morgan fingerprint density at radius 2 is 2.02 bits per heavy atom. The van der Waals surface area contributed by atoms with Crippen molar-refractivity contribution in [2.45, 2.75) is 89.2 Å². The fourth-order valence-electron chi connectivity index (χ4n) is 5.48. The van der Waals surface area contributed by atoms with Crippen LogP contribution < -0.4 is 10.6 Å². The van der Waals surface area contributed by atoms with Gasteiger partial charge in [0.25, 0.3) is 0 Å². The second-order valence-corrected chi connectivity index (χ2v) is 12.7. The van der Waals surface area contributed by atoms with Gasteiger partial charge in [-0.1, -0.05) is 17.7 Å². The smallest absolute Gasteiger partial charge is 0.326 e. The molecule has 41 heavy (non-hydrogen) atoms. The molecule has 1 aliphatic heterocycles. The number of fused-ring (bicyclic) bond motifs is 1. The Morgan fingerprint density at radius 1 is 1.24 bits per heavy atom. The molecule has 2 aromatic rings. The maximum Gasteiger partial charge on any atom is 0.326 e. The van der Waals surface area contributed by atoms with E-state index in [2.05, 4.69) is 32.8 Å². The summed E-state index contributed by atoms with van der Waals surface area (Å²) in [6.07, 6.45) is 8.12. The number of amides is 1. The number of aryl methyl sites for hydroxylation is 3. The number of hydrogen-bond donors (Lipinski definition) is 3. The van der Waals surface area contributed by atoms with Gasteiger partial charge >= 0.3 is 5.97 Å². The molecule has 1 saturated carbocycles. The molecule has 226 valence electrons. The molecule has 0 saturated heterocycles. The van der Waals surface area contributed by atoms with Crippen LogP contribution in [0.1, 0.15) is 76.2 Å². The molecule has 3 N–H and O–H groups in total. The number of nitrogens with one attached hydrogen (secondary N) is 2. The summed E-state index contributed by atoms with van der Waals surface area (Å²) in [5, 5.41) is 20.7. The number of hydrogen-bond acceptors (Lipinski definition) is 7. The average molecular weight is 589 g/mol. The number of unbranched alkanes of at least 4 members (excludes halogenated alkanes) is 1. The number of nitrogens with zero attached hydrogens (tertiary/aromatic N) is 4. The Labute approximate surface area is 248 Å². The fourth-order valence-corrected chi connectivity index (χ4v) is 5.82. The van der Waals surface area contributed by atoms with E-state index in [0.29, 0.717) is 49.7 Å². The first-order valence-corrected chi connectivity index (χ1v) is 15.2. The van der Waals surface area contributed by atoms with E-state index in [1.54, 1.807) is 11.7 Å². The zero-order valence-corrected chi connectivity index (χ0v) is 25.6. The summed E-state index contributed by atoms with van der Waals surface area (Å²) < 4.78 is 7.57. The normalized spacial score (nSPS) is 16.6. The molecule has 0 spiro atoms. The van der Waals surface area contributed by atoms with Crippen molar-refractivity contribution in [2.24, 2.45) is 7.05 Å². The highest BCUT2D eigenvalue weighted by Crippen LogP contribution is 2.50. The predicted molar refractivity (Wildman–Crippen MR) is 159 cm³/mol. The van der Waals surface area contributed by atoms with Crippen molar-refractivity contribution in [1.82, 2.24) is 25.0 Å². The molecule has 0 bridgehead atoms. The number of anilines is 1. The average Bonchev–Trinajstić information content (AvgIpc) is 3.65. The van der Waals surface area contributed by atoms with Crippen LogP contribution in [0.5, 0.6) is 0 Å². The molecule has 1 aliphatic carbocycles. The van der Waals surface area contributed by atoms with Crippen LogP contribution in [-0.2, 0) is 39.6 Å². The summed E-state index contributed by atoms with van der Waals surface area (Å²) in [4.78, 5) is 32.5. The summed E-state index contributed by atoms with van der Waals surface area (Å²) in [7, 11) is 1.75. The van der Waals surface area contributed by atoms with Gasteiger partial charge in [-0.05, 0) is 90.3 Å². The van der Waals surface area contributed by atoms with Crippen LogP contribution in [0, 0.1) is 0 Å². The van der Waals surface area contributed by atoms with Gasteiger partial charge in [-0.3, -0.25) is 9.48 Å². The Morgan fingerprint density at radius 3 is 2.68 bits per heavy atom. The first kappa shape index (κ1) is 31.3. The number of ether oxygens (including phenoxy) is 1. The number of carbonyl (C=O) groups is 2. The predicted octanol–water partition coefficient (Wildman–Crippen LogP) is 3.96. The van der Waals surface area contributed by atoms with Gasteiger partial charge in [0.1, 0.15) is 11.9 Å². The quantitative estimate of drug-likeness (QED) is 0.267. The van der Waals surface area contributed by atoms with E-state index in [4.69, 9.17) is 21.3 Å². The number of aliphatic carboxylic acids is 1. The minimum Gasteiger partial charge on any atom is -0.480 e. The number of carboxylic acids is 1. The first-order valence-electron chi connectivity index (χ1n) is 14.8. The zero-order chi connectivity index (χ0) is 29.6. The third-order valence-corrected chi connectivity index (χ3v) is 8.20. The summed E-state index contributed by atoms with van der Waals surface area (Å²) >= 11 is 6.32. The molecule has 11 heteroatoms. The number of rotatable bonds is 15. The Kier molecular flexibility index (Phi) is 10.3. The van der Waals surface area contributed by atoms with Crippen molar-refractivity contribution in [3.63, 3.8) is 0 Å². The lowest BCUT2D eigenvalue weighted by Gasteiger charge is -2.27. The lowest BCUT2D eigenvalue weighted by Crippen LogP contribution is -2.47. The molecule has 0 unspecified atom stereocenters. The maximum atomic E-state index is 13.3. The van der Waals surface area contributed by atoms with Gasteiger partial charge in [0.05, 0.1) is 34.5 Å². The number of halogens is 1. The van der Waals surface area contributed by atoms with E-state index in [1.807, 2.05) is 20.8 Å². The third-order valence-electron chi connectivity index (χ3n) is 7.92. The van der Waals surface area contributed by atoms with Gasteiger partial charge in [-0.2, -0.15) is 5.10 Å². The van der Waals surface area contributed by atoms with Crippen molar-refractivity contribution in [2.75, 3.05) is 38.1 Å². The molecule has 0 aromatic carbocycles. The highest BCUT2D eigenvalue weighted by molar-refractivity contribution is 6.31. The van der Waals surface area contributed by atoms with Crippen molar-refractivity contribution < 1.29 is 19.4 Å². The van der Waals surface area contributed by atoms with Crippen LogP contribution in [0.4, 0.5) is 5.82 Å². The lowest BCUT2D eigenvalue weighted by atomic mass is 10.00. The van der Waals surface area contributed by atoms with Crippen LogP contribution >= 0.6 is 11.6 Å². The lowest BCUT2D eigenvalue weighted by molar-refractivity contribution is -0.142. The molecule has 0 radical (unpaired) electrons. The van der Waals surface area contributed by atoms with Crippen molar-refractivity contribution in [1.29, 1.82) is 0 Å². The summed E-state index contributed by atoms with van der Waals surface area (Å²) in [6.45, 7) is 9.63. The summed E-state index contributed by atoms with van der Waals surface area (Å²) in [6, 6.07) is 3.32. The first-order chi connectivity index (χ1) is 19.5. The van der Waals surface area contributed by atoms with Crippen LogP contribution in [-0.4, -0.2) is 81.1 Å². The zero-order valence-electron chi connectivity index (χ0n) is 24.8. The van der Waals surface area contributed by atoms with Crippen molar-refractivity contribution >= 4 is 29.3 Å². The molecule has 4 rings (SSSR count). The molecule has 2 aliphatic rings. The largest absolute Gasteiger partial charge is 0.480 e. The monoisotopic (exact) mass is 588 g/mol. The van der Waals surface area contributed by atoms with E-state index in [9.17, 15) is 14.7 Å². The Bertz CT molecular complexity index is 1190. The minimum atomic E-state index is -1.04. The molecule has 10 nitrogen and oxygen atoms in total. The highest BCUT2D eigenvalue weighted by atomic mass is 35.5. The molecular formula is C30H45ClN6O4. The number of carboxylic acid groups (broad SMARTS) is 1. The highest BCUT2D eigenvalue weighted by Gasteiger charge is 2.55. The van der Waals surface area contributed by atoms with E-state index in [-0.39, 0.29) is 11.5 Å². The molecule has 3 heterocycles. The van der Waals surface area contributed by atoms with Gasteiger partial charge in [-0.15, -0.1) is 0 Å². The van der Waals surface area contributed by atoms with E-state index >= 15 is 0 Å². The second-order valence-electron chi connectivity index (χ2n) is 12.3. The number of pyridine rings is 1. The topological polar surface area (TPSA) is 122 Å². The van der Waals surface area contributed by atoms with E-state index < -0.39 is 17.4 Å². The Balaban J connectivity index is 1.31. The van der Waals surface area contributed by atoms with Gasteiger partial charge in [-0.25, -0.2) is 9.78 Å². The SMILES string of the molecule is Cn1ncc(Cl)c1C1(C(=O)N[C@@H](CCN(CCCCc2ccc3c(n2)NCCC3)CCOC(C)(C)C)C(=O)O)CC1. The molecule has 1 atom stereocenters. The molecule has 2 aromatic heterocycles. The molecular weight excluding hydrogens is 544 g/mol. The van der Waals surface area contributed by atoms with Crippen molar-refractivity contribution in [3.05, 3.63) is 40.3 Å². The van der Waals surface area contributed by atoms with Crippen LogP contribution in [0.3, 0.4) is 0 Å². The molecule has 1 fully saturated rings. The van der Waals surface area contributed by atoms with Gasteiger partial charge < -0.3 is 25.4 Å². The number of aromatic nitrogens is 3. The van der Waals surface area contributed by atoms with Crippen molar-refractivity contribution in [3.8, 4) is 0 Å². The second kappa shape index (κ2) is 13.5. The standard InChI is InChI=1S/C30H45ClN6O4/c1-29(2,3)41-19-18-37(16-6-5-9-22-11-10-21-8-7-15-32-26(21)34-22)17-12-24(27(38)39)35-28(40)30(13-14-30)25-23(31)20-33-36(25)4/h10-11,20,24H,5-9,12-19H2,1-4H3,(H,32,34)(H,35,40)(H,38,39)/t24-/m0/s1. The Hall–Kier alpha value is -2.69. The third kappa shape index (κ3) is 8.42. The van der Waals surface area contributed by atoms with E-state index in [0.717, 1.165) is 56.7 Å². The van der Waals surface area contributed by atoms with Gasteiger partial charge in [0.2, 0.25) is 5.91 Å². The maximum absolute atomic E-state index is 13.3.